The molecule has 3 aromatic carbocycles. The lowest BCUT2D eigenvalue weighted by Crippen LogP contribution is -2.18. The van der Waals surface area contributed by atoms with Crippen LogP contribution in [-0.4, -0.2) is 7.05 Å². The van der Waals surface area contributed by atoms with Crippen molar-refractivity contribution in [2.75, 3.05) is 7.05 Å². The van der Waals surface area contributed by atoms with Crippen LogP contribution in [0.3, 0.4) is 0 Å². The van der Waals surface area contributed by atoms with Gasteiger partial charge in [-0.05, 0) is 36.2 Å². The SMILES string of the molecule is CN[C@H](c1ccc(C)cc1)c1ccccc1-c1ccccc1. The molecule has 0 aliphatic carbocycles. The number of hydrogen-bond acceptors (Lipinski definition) is 1. The van der Waals surface area contributed by atoms with E-state index >= 15 is 0 Å². The van der Waals surface area contributed by atoms with Crippen LogP contribution in [-0.2, 0) is 0 Å². The second-order valence-electron chi connectivity index (χ2n) is 5.59. The monoisotopic (exact) mass is 287 g/mol. The van der Waals surface area contributed by atoms with Crippen molar-refractivity contribution in [1.82, 2.24) is 5.32 Å². The Kier molecular flexibility index (Phi) is 4.36. The van der Waals surface area contributed by atoms with Gasteiger partial charge < -0.3 is 5.32 Å². The number of rotatable bonds is 4. The Labute approximate surface area is 132 Å². The average molecular weight is 287 g/mol. The molecule has 110 valence electrons. The minimum Gasteiger partial charge on any atom is -0.309 e. The Morgan fingerprint density at radius 2 is 1.36 bits per heavy atom. The van der Waals surface area contributed by atoms with E-state index in [4.69, 9.17) is 0 Å². The number of benzene rings is 3. The van der Waals surface area contributed by atoms with Gasteiger partial charge in [-0.15, -0.1) is 0 Å². The van der Waals surface area contributed by atoms with Crippen molar-refractivity contribution in [3.63, 3.8) is 0 Å². The molecule has 0 aliphatic heterocycles. The third kappa shape index (κ3) is 2.95. The van der Waals surface area contributed by atoms with E-state index in [2.05, 4.69) is 91.1 Å². The van der Waals surface area contributed by atoms with E-state index < -0.39 is 0 Å². The molecule has 0 spiro atoms. The number of hydrogen-bond donors (Lipinski definition) is 1. The Bertz CT molecular complexity index is 729. The van der Waals surface area contributed by atoms with Crippen LogP contribution >= 0.6 is 0 Å². The van der Waals surface area contributed by atoms with Crippen LogP contribution in [0.2, 0.25) is 0 Å². The lowest BCUT2D eigenvalue weighted by molar-refractivity contribution is 0.693. The molecule has 0 fully saturated rings. The summed E-state index contributed by atoms with van der Waals surface area (Å²) < 4.78 is 0. The van der Waals surface area contributed by atoms with Crippen molar-refractivity contribution in [1.29, 1.82) is 0 Å². The molecule has 22 heavy (non-hydrogen) atoms. The smallest absolute Gasteiger partial charge is 0.0580 e. The molecule has 0 aliphatic rings. The number of nitrogens with one attached hydrogen (secondary N) is 1. The molecule has 1 nitrogen and oxygen atoms in total. The fraction of sp³-hybridized carbons (Fsp3) is 0.143. The highest BCUT2D eigenvalue weighted by atomic mass is 14.9. The molecule has 3 rings (SSSR count). The third-order valence-corrected chi connectivity index (χ3v) is 4.06. The quantitative estimate of drug-likeness (QED) is 0.714. The van der Waals surface area contributed by atoms with E-state index in [1.54, 1.807) is 0 Å². The zero-order valence-corrected chi connectivity index (χ0v) is 13.1. The van der Waals surface area contributed by atoms with E-state index in [-0.39, 0.29) is 6.04 Å². The van der Waals surface area contributed by atoms with Crippen LogP contribution in [0.4, 0.5) is 0 Å². The van der Waals surface area contributed by atoms with Crippen molar-refractivity contribution in [3.8, 4) is 11.1 Å². The van der Waals surface area contributed by atoms with E-state index in [1.807, 2.05) is 7.05 Å². The van der Waals surface area contributed by atoms with Gasteiger partial charge in [-0.2, -0.15) is 0 Å². The second-order valence-corrected chi connectivity index (χ2v) is 5.59. The first-order chi connectivity index (χ1) is 10.8. The van der Waals surface area contributed by atoms with Crippen LogP contribution < -0.4 is 5.32 Å². The number of aryl methyl sites for hydroxylation is 1. The molecule has 0 amide bonds. The lowest BCUT2D eigenvalue weighted by Gasteiger charge is -2.21. The molecule has 0 radical (unpaired) electrons. The molecule has 0 unspecified atom stereocenters. The zero-order valence-electron chi connectivity index (χ0n) is 13.1. The summed E-state index contributed by atoms with van der Waals surface area (Å²) in [6.07, 6.45) is 0. The highest BCUT2D eigenvalue weighted by molar-refractivity contribution is 5.68. The van der Waals surface area contributed by atoms with E-state index in [9.17, 15) is 0 Å². The van der Waals surface area contributed by atoms with Gasteiger partial charge in [0.1, 0.15) is 0 Å². The normalized spacial score (nSPS) is 12.1. The maximum Gasteiger partial charge on any atom is 0.0580 e. The van der Waals surface area contributed by atoms with Crippen molar-refractivity contribution >= 4 is 0 Å². The second kappa shape index (κ2) is 6.59. The van der Waals surface area contributed by atoms with Gasteiger partial charge in [0.05, 0.1) is 6.04 Å². The van der Waals surface area contributed by atoms with Crippen molar-refractivity contribution in [2.24, 2.45) is 0 Å². The van der Waals surface area contributed by atoms with Gasteiger partial charge in [0.2, 0.25) is 0 Å². The Morgan fingerprint density at radius 1 is 0.727 bits per heavy atom. The molecule has 0 aromatic heterocycles. The van der Waals surface area contributed by atoms with Crippen molar-refractivity contribution in [3.05, 3.63) is 95.6 Å². The van der Waals surface area contributed by atoms with Crippen LogP contribution in [0.25, 0.3) is 11.1 Å². The molecule has 0 saturated heterocycles. The minimum atomic E-state index is 0.192. The molecular weight excluding hydrogens is 266 g/mol. The average Bonchev–Trinajstić information content (AvgIpc) is 2.58. The van der Waals surface area contributed by atoms with Gasteiger partial charge in [-0.25, -0.2) is 0 Å². The minimum absolute atomic E-state index is 0.192. The Balaban J connectivity index is 2.08. The van der Waals surface area contributed by atoms with Gasteiger partial charge in [0.15, 0.2) is 0 Å². The fourth-order valence-electron chi connectivity index (χ4n) is 2.89. The first-order valence-corrected chi connectivity index (χ1v) is 7.68. The van der Waals surface area contributed by atoms with Crippen LogP contribution in [0.1, 0.15) is 22.7 Å². The van der Waals surface area contributed by atoms with Gasteiger partial charge in [0, 0.05) is 0 Å². The van der Waals surface area contributed by atoms with Crippen LogP contribution in [0, 0.1) is 6.92 Å². The highest BCUT2D eigenvalue weighted by Gasteiger charge is 2.16. The molecule has 0 bridgehead atoms. The molecule has 3 aromatic rings. The molecule has 0 heterocycles. The molecule has 1 atom stereocenters. The highest BCUT2D eigenvalue weighted by Crippen LogP contribution is 2.31. The largest absolute Gasteiger partial charge is 0.309 e. The predicted molar refractivity (Wildman–Crippen MR) is 94.0 cm³/mol. The molecule has 1 heteroatoms. The summed E-state index contributed by atoms with van der Waals surface area (Å²) in [6.45, 7) is 2.12. The summed E-state index contributed by atoms with van der Waals surface area (Å²) in [7, 11) is 2.02. The van der Waals surface area contributed by atoms with Crippen LogP contribution in [0.15, 0.2) is 78.9 Å². The van der Waals surface area contributed by atoms with E-state index in [0.717, 1.165) is 0 Å². The fourth-order valence-corrected chi connectivity index (χ4v) is 2.89. The van der Waals surface area contributed by atoms with E-state index in [0.29, 0.717) is 0 Å². The lowest BCUT2D eigenvalue weighted by atomic mass is 9.91. The summed E-state index contributed by atoms with van der Waals surface area (Å²) in [6, 6.07) is 28.1. The summed E-state index contributed by atoms with van der Waals surface area (Å²) in [5.74, 6) is 0. The third-order valence-electron chi connectivity index (χ3n) is 4.06. The summed E-state index contributed by atoms with van der Waals surface area (Å²) >= 11 is 0. The van der Waals surface area contributed by atoms with Crippen LogP contribution in [0.5, 0.6) is 0 Å². The maximum atomic E-state index is 3.46. The standard InChI is InChI=1S/C21H21N/c1-16-12-14-18(15-13-16)21(22-2)20-11-7-6-10-19(20)17-8-4-3-5-9-17/h3-15,21-22H,1-2H3/t21-/m1/s1. The van der Waals surface area contributed by atoms with Gasteiger partial charge in [-0.1, -0.05) is 84.4 Å². The zero-order chi connectivity index (χ0) is 15.4. The van der Waals surface area contributed by atoms with Crippen molar-refractivity contribution < 1.29 is 0 Å². The summed E-state index contributed by atoms with van der Waals surface area (Å²) in [5.41, 5.74) is 6.42. The summed E-state index contributed by atoms with van der Waals surface area (Å²) in [4.78, 5) is 0. The molecular formula is C21H21N. The predicted octanol–water partition coefficient (Wildman–Crippen LogP) is 4.97. The Hall–Kier alpha value is -2.38. The summed E-state index contributed by atoms with van der Waals surface area (Å²) in [5, 5.41) is 3.46. The van der Waals surface area contributed by atoms with Gasteiger partial charge in [0.25, 0.3) is 0 Å². The topological polar surface area (TPSA) is 12.0 Å². The maximum absolute atomic E-state index is 3.46. The van der Waals surface area contributed by atoms with Crippen molar-refractivity contribution in [2.45, 2.75) is 13.0 Å². The molecule has 0 saturated carbocycles. The first-order valence-electron chi connectivity index (χ1n) is 7.68. The molecule has 1 N–H and O–H groups in total. The van der Waals surface area contributed by atoms with E-state index in [1.165, 1.54) is 27.8 Å². The van der Waals surface area contributed by atoms with Gasteiger partial charge in [-0.3, -0.25) is 0 Å². The Morgan fingerprint density at radius 3 is 2.05 bits per heavy atom. The van der Waals surface area contributed by atoms with Gasteiger partial charge >= 0.3 is 0 Å². The first kappa shape index (κ1) is 14.6.